The standard InChI is InChI=1S/C71H122N6O14/c1-22-24-25-26-27-28-29-30-31-32-33-73-58(79)50(54(61(73)82)68(8,9)41-48(65(86)87)47(4)66(88)91-23-2)42-69(10,11)55-51(59(80)74(62(55)83)35-34-72(16)17)43-71(14,15)56-52(60(81)76(64(56)85)46(3)45-90-39-38-89-21)44-70(12,13)53-49(40-67(5,6)7)57(78)75(63(53)84)36-37-77(18,19)20/h46-56H,22-45H2,1-21H3/p+1. The number of quaternary nitrogens is 1. The number of hydrogen-bond acceptors (Lipinski definition) is 14. The third-order valence-electron chi connectivity index (χ3n) is 20.5. The van der Waals surface area contributed by atoms with Crippen LogP contribution < -0.4 is 0 Å². The lowest BCUT2D eigenvalue weighted by molar-refractivity contribution is -0.869. The van der Waals surface area contributed by atoms with Gasteiger partial charge in [-0.1, -0.05) is 148 Å². The Balaban J connectivity index is 1.86. The molecule has 20 heteroatoms. The van der Waals surface area contributed by atoms with Crippen molar-refractivity contribution < 1.29 is 71.7 Å². The molecule has 4 aliphatic heterocycles. The van der Waals surface area contributed by atoms with E-state index in [9.17, 15) is 24.3 Å². The van der Waals surface area contributed by atoms with Crippen LogP contribution in [0, 0.1) is 86.3 Å². The highest BCUT2D eigenvalue weighted by atomic mass is 16.5. The van der Waals surface area contributed by atoms with Crippen LogP contribution in [-0.4, -0.2) is 201 Å². The highest BCUT2D eigenvalue weighted by Gasteiger charge is 2.64. The molecule has 91 heavy (non-hydrogen) atoms. The van der Waals surface area contributed by atoms with Gasteiger partial charge in [-0.05, 0) is 93.5 Å². The molecule has 0 saturated carbocycles. The van der Waals surface area contributed by atoms with Gasteiger partial charge in [0, 0.05) is 26.7 Å². The number of carboxylic acids is 1. The van der Waals surface area contributed by atoms with Crippen LogP contribution in [0.1, 0.15) is 200 Å². The number of methoxy groups -OCH3 is 1. The number of likely N-dealkylation sites (tertiary alicyclic amines) is 4. The Labute approximate surface area is 547 Å². The maximum Gasteiger partial charge on any atom is 0.309 e. The fraction of sp³-hybridized carbons (Fsp3) is 0.859. The zero-order chi connectivity index (χ0) is 69.1. The second-order valence-electron chi connectivity index (χ2n) is 32.8. The van der Waals surface area contributed by atoms with E-state index in [-0.39, 0.29) is 89.0 Å². The largest absolute Gasteiger partial charge is 0.481 e. The van der Waals surface area contributed by atoms with Crippen molar-refractivity contribution in [3.8, 4) is 0 Å². The number of esters is 1. The first-order valence-corrected chi connectivity index (χ1v) is 34.4. The van der Waals surface area contributed by atoms with Gasteiger partial charge in [-0.2, -0.15) is 0 Å². The second-order valence-corrected chi connectivity index (χ2v) is 32.8. The second kappa shape index (κ2) is 32.7. The van der Waals surface area contributed by atoms with Crippen molar-refractivity contribution in [3.05, 3.63) is 0 Å². The van der Waals surface area contributed by atoms with Gasteiger partial charge in [0.15, 0.2) is 0 Å². The van der Waals surface area contributed by atoms with E-state index >= 15 is 28.8 Å². The number of unbranched alkanes of at least 4 members (excludes halogenated alkanes) is 9. The molecule has 0 spiro atoms. The van der Waals surface area contributed by atoms with Crippen LogP contribution in [0.5, 0.6) is 0 Å². The summed E-state index contributed by atoms with van der Waals surface area (Å²) in [5.74, 6) is -15.5. The molecule has 20 nitrogen and oxygen atoms in total. The molecule has 520 valence electrons. The summed E-state index contributed by atoms with van der Waals surface area (Å²) in [6, 6.07) is -0.729. The van der Waals surface area contributed by atoms with Crippen LogP contribution >= 0.6 is 0 Å². The van der Waals surface area contributed by atoms with Crippen LogP contribution in [0.25, 0.3) is 0 Å². The highest BCUT2D eigenvalue weighted by molar-refractivity contribution is 6.09. The number of carbonyl (C=O) groups is 10. The topological polar surface area (TPSA) is 235 Å². The van der Waals surface area contributed by atoms with Crippen LogP contribution in [0.2, 0.25) is 0 Å². The van der Waals surface area contributed by atoms with Gasteiger partial charge in [0.25, 0.3) is 0 Å². The summed E-state index contributed by atoms with van der Waals surface area (Å²) in [5, 5.41) is 10.7. The highest BCUT2D eigenvalue weighted by Crippen LogP contribution is 2.57. The SMILES string of the molecule is CCCCCCCCCCCCN1C(=O)C(CC(C)(C)C2C(=O)N(CCN(C)C)C(=O)C2CC(C)(C)C2C(=O)N(C(C)COCCOC)C(=O)C2CC(C)(C)C2C(=O)N(CC[N+](C)(C)C)C(=O)C2CC(C)(C)C)C(C(C)(C)CC(C(=O)O)C(C)C(=O)OCC)C1=O. The monoisotopic (exact) mass is 1280 g/mol. The van der Waals surface area contributed by atoms with Crippen LogP contribution in [0.15, 0.2) is 0 Å². The third-order valence-corrected chi connectivity index (χ3v) is 20.5. The maximum atomic E-state index is 15.6. The zero-order valence-electron chi connectivity index (χ0n) is 60.3. The molecule has 11 unspecified atom stereocenters. The van der Waals surface area contributed by atoms with E-state index in [0.717, 1.165) is 32.1 Å². The molecule has 4 saturated heterocycles. The lowest BCUT2D eigenvalue weighted by Gasteiger charge is -2.42. The summed E-state index contributed by atoms with van der Waals surface area (Å²) in [6.45, 7) is 29.8. The van der Waals surface area contributed by atoms with E-state index in [1.807, 2.05) is 102 Å². The van der Waals surface area contributed by atoms with Gasteiger partial charge in [0.1, 0.15) is 0 Å². The van der Waals surface area contributed by atoms with E-state index in [4.69, 9.17) is 14.2 Å². The first-order valence-electron chi connectivity index (χ1n) is 34.4. The molecule has 0 aromatic heterocycles. The quantitative estimate of drug-likeness (QED) is 0.0260. The molecule has 4 fully saturated rings. The molecule has 11 atom stereocenters. The van der Waals surface area contributed by atoms with Crippen molar-refractivity contribution in [2.24, 2.45) is 86.3 Å². The fourth-order valence-electron chi connectivity index (χ4n) is 15.8. The van der Waals surface area contributed by atoms with Crippen molar-refractivity contribution in [1.29, 1.82) is 0 Å². The predicted octanol–water partition coefficient (Wildman–Crippen LogP) is 9.63. The number of amides is 8. The fourth-order valence-corrected chi connectivity index (χ4v) is 15.8. The van der Waals surface area contributed by atoms with Gasteiger partial charge < -0.3 is 28.7 Å². The summed E-state index contributed by atoms with van der Waals surface area (Å²) < 4.78 is 17.0. The summed E-state index contributed by atoms with van der Waals surface area (Å²) in [4.78, 5) is 155. The summed E-state index contributed by atoms with van der Waals surface area (Å²) in [6.07, 6.45) is 10.7. The molecule has 4 rings (SSSR count). The van der Waals surface area contributed by atoms with Gasteiger partial charge in [-0.3, -0.25) is 67.5 Å². The Bertz CT molecular complexity index is 2550. The van der Waals surface area contributed by atoms with Crippen LogP contribution in [-0.2, 0) is 62.2 Å². The number of carboxylic acid groups (broad SMARTS) is 1. The molecular formula is C71H123N6O14+. The molecule has 0 aliphatic carbocycles. The maximum absolute atomic E-state index is 15.6. The molecule has 0 radical (unpaired) electrons. The Morgan fingerprint density at radius 3 is 1.36 bits per heavy atom. The lowest BCUT2D eigenvalue weighted by atomic mass is 9.58. The summed E-state index contributed by atoms with van der Waals surface area (Å²) in [7, 11) is 11.2. The number of likely N-dealkylation sites (N-methyl/N-ethyl adjacent to an activating group) is 2. The molecule has 4 aliphatic rings. The van der Waals surface area contributed by atoms with E-state index in [0.29, 0.717) is 30.4 Å². The molecule has 1 N–H and O–H groups in total. The van der Waals surface area contributed by atoms with Gasteiger partial charge in [-0.25, -0.2) is 0 Å². The normalized spacial score (nSPS) is 24.3. The zero-order valence-corrected chi connectivity index (χ0v) is 60.3. The number of rotatable bonds is 40. The van der Waals surface area contributed by atoms with Gasteiger partial charge in [-0.15, -0.1) is 0 Å². The lowest BCUT2D eigenvalue weighted by Crippen LogP contribution is -2.45. The average molecular weight is 1280 g/mol. The molecular weight excluding hydrogens is 1160 g/mol. The van der Waals surface area contributed by atoms with Crippen LogP contribution in [0.3, 0.4) is 0 Å². The Kier molecular flexibility index (Phi) is 28.3. The average Bonchev–Trinajstić information content (AvgIpc) is 1.61. The van der Waals surface area contributed by atoms with Crippen LogP contribution in [0.4, 0.5) is 0 Å². The van der Waals surface area contributed by atoms with Gasteiger partial charge in [0.2, 0.25) is 47.3 Å². The smallest absolute Gasteiger partial charge is 0.309 e. The number of aliphatic carboxylic acids is 1. The minimum absolute atomic E-state index is 0.0135. The number of ether oxygens (including phenoxy) is 3. The van der Waals surface area contributed by atoms with E-state index in [1.54, 1.807) is 34.8 Å². The third kappa shape index (κ3) is 20.0. The van der Waals surface area contributed by atoms with Gasteiger partial charge >= 0.3 is 11.9 Å². The Hall–Kier alpha value is -4.66. The van der Waals surface area contributed by atoms with Crippen molar-refractivity contribution in [2.45, 2.75) is 206 Å². The van der Waals surface area contributed by atoms with E-state index < -0.39 is 134 Å². The number of nitrogens with zero attached hydrogens (tertiary/aromatic N) is 6. The molecule has 0 aromatic rings. The van der Waals surface area contributed by atoms with Crippen molar-refractivity contribution in [2.75, 3.05) is 101 Å². The number of imide groups is 4. The Morgan fingerprint density at radius 2 is 0.945 bits per heavy atom. The first kappa shape index (κ1) is 78.8. The number of carbonyl (C=O) groups excluding carboxylic acids is 9. The summed E-state index contributed by atoms with van der Waals surface area (Å²) in [5.41, 5.74) is -4.99. The molecule has 8 amide bonds. The molecule has 4 heterocycles. The minimum atomic E-state index is -1.27. The Morgan fingerprint density at radius 1 is 0.538 bits per heavy atom. The van der Waals surface area contributed by atoms with Crippen molar-refractivity contribution >= 4 is 59.2 Å². The minimum Gasteiger partial charge on any atom is -0.481 e. The number of hydrogen-bond donors (Lipinski definition) is 1. The van der Waals surface area contributed by atoms with E-state index in [2.05, 4.69) is 6.92 Å². The first-order chi connectivity index (χ1) is 42.0. The van der Waals surface area contributed by atoms with Crippen molar-refractivity contribution in [1.82, 2.24) is 24.5 Å². The van der Waals surface area contributed by atoms with E-state index in [1.165, 1.54) is 52.2 Å². The van der Waals surface area contributed by atoms with Gasteiger partial charge in [0.05, 0.1) is 126 Å². The van der Waals surface area contributed by atoms with Crippen molar-refractivity contribution in [3.63, 3.8) is 0 Å². The predicted molar refractivity (Wildman–Crippen MR) is 350 cm³/mol. The molecule has 0 bridgehead atoms. The summed E-state index contributed by atoms with van der Waals surface area (Å²) >= 11 is 0. The molecule has 0 aromatic carbocycles.